The summed E-state index contributed by atoms with van der Waals surface area (Å²) in [7, 11) is 0. The van der Waals surface area contributed by atoms with Gasteiger partial charge in [-0.25, -0.2) is 0 Å². The lowest BCUT2D eigenvalue weighted by Gasteiger charge is -2.23. The summed E-state index contributed by atoms with van der Waals surface area (Å²) in [6.07, 6.45) is 4.57. The number of anilines is 1. The Hall–Kier alpha value is -2.63. The number of rotatable bonds is 5. The summed E-state index contributed by atoms with van der Waals surface area (Å²) >= 11 is 0. The fraction of sp³-hybridized carbons (Fsp3) is 0.389. The second kappa shape index (κ2) is 6.47. The van der Waals surface area contributed by atoms with E-state index in [4.69, 9.17) is 0 Å². The van der Waals surface area contributed by atoms with Crippen LogP contribution in [0.25, 0.3) is 0 Å². The molecule has 6 heteroatoms. The summed E-state index contributed by atoms with van der Waals surface area (Å²) in [5.74, 6) is -2.76. The third kappa shape index (κ3) is 2.91. The largest absolute Gasteiger partial charge is 0.481 e. The molecule has 24 heavy (non-hydrogen) atoms. The van der Waals surface area contributed by atoms with Gasteiger partial charge in [0.1, 0.15) is 0 Å². The molecule has 0 saturated heterocycles. The molecule has 0 unspecified atom stereocenters. The number of carboxylic acids is 1. The Kier molecular flexibility index (Phi) is 4.38. The van der Waals surface area contributed by atoms with Crippen molar-refractivity contribution in [3.8, 4) is 0 Å². The Bertz CT molecular complexity index is 713. The highest BCUT2D eigenvalue weighted by Gasteiger charge is 2.51. The summed E-state index contributed by atoms with van der Waals surface area (Å²) in [6, 6.07) is 6.65. The van der Waals surface area contributed by atoms with Gasteiger partial charge in [-0.2, -0.15) is 0 Å². The molecule has 3 N–H and O–H groups in total. The second-order valence-electron chi connectivity index (χ2n) is 6.27. The number of aliphatic carboxylic acids is 1. The van der Waals surface area contributed by atoms with Gasteiger partial charge in [0.25, 0.3) is 5.91 Å². The minimum atomic E-state index is -0.928. The van der Waals surface area contributed by atoms with Gasteiger partial charge >= 0.3 is 5.97 Å². The molecular weight excluding hydrogens is 308 g/mol. The Labute approximate surface area is 139 Å². The number of allylic oxidation sites excluding steroid dienone is 2. The molecule has 0 aliphatic heterocycles. The van der Waals surface area contributed by atoms with Gasteiger partial charge in [0.2, 0.25) is 5.91 Å². The lowest BCUT2D eigenvalue weighted by molar-refractivity contribution is -0.146. The third-order valence-corrected chi connectivity index (χ3v) is 4.78. The first kappa shape index (κ1) is 16.2. The highest BCUT2D eigenvalue weighted by molar-refractivity contribution is 5.99. The van der Waals surface area contributed by atoms with Crippen molar-refractivity contribution in [3.05, 3.63) is 42.0 Å². The first-order chi connectivity index (χ1) is 11.5. The average molecular weight is 328 g/mol. The van der Waals surface area contributed by atoms with E-state index < -0.39 is 17.8 Å². The zero-order valence-corrected chi connectivity index (χ0v) is 13.4. The first-order valence-electron chi connectivity index (χ1n) is 8.11. The van der Waals surface area contributed by atoms with Crippen LogP contribution in [0, 0.1) is 23.7 Å². The van der Waals surface area contributed by atoms with Crippen LogP contribution in [0.3, 0.4) is 0 Å². The minimum Gasteiger partial charge on any atom is -0.481 e. The van der Waals surface area contributed by atoms with E-state index in [9.17, 15) is 19.5 Å². The maximum atomic E-state index is 12.6. The lowest BCUT2D eigenvalue weighted by Crippen LogP contribution is -2.36. The molecular formula is C18H20N2O4. The van der Waals surface area contributed by atoms with Gasteiger partial charge in [-0.3, -0.25) is 14.4 Å². The maximum absolute atomic E-state index is 12.6. The quantitative estimate of drug-likeness (QED) is 0.719. The molecule has 1 saturated carbocycles. The van der Waals surface area contributed by atoms with E-state index in [0.717, 1.165) is 0 Å². The average Bonchev–Trinajstić information content (AvgIpc) is 3.16. The van der Waals surface area contributed by atoms with Crippen molar-refractivity contribution in [2.45, 2.75) is 13.3 Å². The van der Waals surface area contributed by atoms with Gasteiger partial charge < -0.3 is 15.7 Å². The molecule has 4 atom stereocenters. The van der Waals surface area contributed by atoms with Gasteiger partial charge in [0.15, 0.2) is 0 Å². The maximum Gasteiger partial charge on any atom is 0.307 e. The molecule has 1 aromatic carbocycles. The zero-order valence-electron chi connectivity index (χ0n) is 13.4. The molecule has 0 aromatic heterocycles. The van der Waals surface area contributed by atoms with Crippen molar-refractivity contribution < 1.29 is 19.5 Å². The topological polar surface area (TPSA) is 95.5 Å². The van der Waals surface area contributed by atoms with Crippen molar-refractivity contribution in [2.24, 2.45) is 23.7 Å². The number of carboxylic acid groups (broad SMARTS) is 1. The molecule has 1 fully saturated rings. The number of benzene rings is 1. The molecule has 6 nitrogen and oxygen atoms in total. The summed E-state index contributed by atoms with van der Waals surface area (Å²) in [6.45, 7) is 2.35. The summed E-state index contributed by atoms with van der Waals surface area (Å²) < 4.78 is 0. The number of hydrogen-bond donors (Lipinski definition) is 3. The van der Waals surface area contributed by atoms with Crippen LogP contribution in [-0.2, 0) is 9.59 Å². The monoisotopic (exact) mass is 328 g/mol. The number of carbonyl (C=O) groups is 3. The van der Waals surface area contributed by atoms with Crippen LogP contribution in [0.2, 0.25) is 0 Å². The summed E-state index contributed by atoms with van der Waals surface area (Å²) in [5, 5.41) is 14.9. The van der Waals surface area contributed by atoms with E-state index >= 15 is 0 Å². The van der Waals surface area contributed by atoms with Gasteiger partial charge in [-0.05, 0) is 43.4 Å². The Morgan fingerprint density at radius 3 is 2.54 bits per heavy atom. The zero-order chi connectivity index (χ0) is 17.3. The van der Waals surface area contributed by atoms with Crippen LogP contribution < -0.4 is 10.6 Å². The fourth-order valence-electron chi connectivity index (χ4n) is 3.74. The lowest BCUT2D eigenvalue weighted by atomic mass is 9.82. The fourth-order valence-corrected chi connectivity index (χ4v) is 3.74. The molecule has 3 rings (SSSR count). The van der Waals surface area contributed by atoms with Gasteiger partial charge in [0, 0.05) is 17.8 Å². The van der Waals surface area contributed by atoms with Gasteiger partial charge in [-0.15, -0.1) is 0 Å². The van der Waals surface area contributed by atoms with E-state index in [0.29, 0.717) is 24.2 Å². The van der Waals surface area contributed by atoms with Crippen LogP contribution in [0.4, 0.5) is 5.69 Å². The summed E-state index contributed by atoms with van der Waals surface area (Å²) in [4.78, 5) is 36.0. The number of nitrogens with one attached hydrogen (secondary N) is 2. The van der Waals surface area contributed by atoms with Crippen molar-refractivity contribution >= 4 is 23.5 Å². The molecule has 0 heterocycles. The normalized spacial score (nSPS) is 27.0. The van der Waals surface area contributed by atoms with Crippen molar-refractivity contribution in [1.29, 1.82) is 0 Å². The highest BCUT2D eigenvalue weighted by Crippen LogP contribution is 2.48. The van der Waals surface area contributed by atoms with Crippen molar-refractivity contribution in [1.82, 2.24) is 5.32 Å². The Morgan fingerprint density at radius 1 is 1.17 bits per heavy atom. The van der Waals surface area contributed by atoms with E-state index in [2.05, 4.69) is 10.6 Å². The third-order valence-electron chi connectivity index (χ3n) is 4.78. The highest BCUT2D eigenvalue weighted by atomic mass is 16.4. The first-order valence-corrected chi connectivity index (χ1v) is 8.11. The van der Waals surface area contributed by atoms with Gasteiger partial charge in [-0.1, -0.05) is 18.2 Å². The van der Waals surface area contributed by atoms with Crippen LogP contribution in [0.5, 0.6) is 0 Å². The van der Waals surface area contributed by atoms with E-state index in [1.807, 2.05) is 19.1 Å². The van der Waals surface area contributed by atoms with Gasteiger partial charge in [0.05, 0.1) is 11.8 Å². The molecule has 2 bridgehead atoms. The molecule has 2 aliphatic rings. The van der Waals surface area contributed by atoms with E-state index in [1.165, 1.54) is 0 Å². The van der Waals surface area contributed by atoms with E-state index in [1.54, 1.807) is 24.3 Å². The van der Waals surface area contributed by atoms with Crippen LogP contribution >= 0.6 is 0 Å². The smallest absolute Gasteiger partial charge is 0.307 e. The van der Waals surface area contributed by atoms with Crippen molar-refractivity contribution in [3.63, 3.8) is 0 Å². The number of hydrogen-bond acceptors (Lipinski definition) is 3. The van der Waals surface area contributed by atoms with Crippen LogP contribution in [-0.4, -0.2) is 29.4 Å². The van der Waals surface area contributed by atoms with E-state index in [-0.39, 0.29) is 23.7 Å². The Morgan fingerprint density at radius 2 is 1.88 bits per heavy atom. The minimum absolute atomic E-state index is 0.0253. The van der Waals surface area contributed by atoms with Crippen LogP contribution in [0.1, 0.15) is 23.7 Å². The predicted molar refractivity (Wildman–Crippen MR) is 88.4 cm³/mol. The molecule has 0 radical (unpaired) electrons. The molecule has 126 valence electrons. The summed E-state index contributed by atoms with van der Waals surface area (Å²) in [5.41, 5.74) is 0.955. The number of carbonyl (C=O) groups excluding carboxylic acids is 2. The molecule has 0 spiro atoms. The van der Waals surface area contributed by atoms with Crippen LogP contribution in [0.15, 0.2) is 36.4 Å². The number of fused-ring (bicyclic) bond motifs is 2. The molecule has 1 aromatic rings. The second-order valence-corrected chi connectivity index (χ2v) is 6.27. The Balaban J connectivity index is 1.75. The predicted octanol–water partition coefficient (Wildman–Crippen LogP) is 1.90. The molecule has 2 amide bonds. The standard InChI is InChI=1S/C18H20N2O4/c1-2-19-16(21)12-4-3-5-13(9-12)20-17(22)14-10-6-7-11(8-10)15(14)18(23)24/h3-7,9-11,14-15H,2,8H2,1H3,(H,19,21)(H,20,22)(H,23,24)/t10-,11-,14-,15-/m0/s1. The SMILES string of the molecule is CCNC(=O)c1cccc(NC(=O)[C@@H]2[C@@H](C(=O)O)[C@H]3C=C[C@H]2C3)c1. The molecule has 2 aliphatic carbocycles. The number of amides is 2. The van der Waals surface area contributed by atoms with Crippen molar-refractivity contribution in [2.75, 3.05) is 11.9 Å².